The zero-order valence-corrected chi connectivity index (χ0v) is 23.9. The van der Waals surface area contributed by atoms with Crippen LogP contribution in [0.3, 0.4) is 0 Å². The topological polar surface area (TPSA) is 30.0 Å². The fourth-order valence-corrected chi connectivity index (χ4v) is 2.27. The number of carbonyl (C=O) groups excluding carboxylic acids is 1. The summed E-state index contributed by atoms with van der Waals surface area (Å²) in [6, 6.07) is 10.9. The molecule has 0 amide bonds. The quantitative estimate of drug-likeness (QED) is 0.293. The van der Waals surface area contributed by atoms with Crippen molar-refractivity contribution in [3.05, 3.63) is 120 Å². The number of pyridine rings is 1. The van der Waals surface area contributed by atoms with Crippen molar-refractivity contribution in [3.8, 4) is 0 Å². The third kappa shape index (κ3) is 20.4. The molecule has 0 N–H and O–H groups in total. The molecule has 0 unspecified atom stereocenters. The van der Waals surface area contributed by atoms with Crippen molar-refractivity contribution in [3.63, 3.8) is 0 Å². The molecule has 0 aliphatic rings. The van der Waals surface area contributed by atoms with E-state index in [2.05, 4.69) is 18.1 Å². The molecule has 0 atom stereocenters. The van der Waals surface area contributed by atoms with E-state index in [1.54, 1.807) is 31.3 Å². The van der Waals surface area contributed by atoms with Crippen LogP contribution in [0.5, 0.6) is 0 Å². The number of alkyl halides is 3. The van der Waals surface area contributed by atoms with Crippen molar-refractivity contribution in [1.82, 2.24) is 4.98 Å². The summed E-state index contributed by atoms with van der Waals surface area (Å²) in [6.07, 6.45) is 7.55. The Morgan fingerprint density at radius 2 is 1.49 bits per heavy atom. The van der Waals surface area contributed by atoms with E-state index in [1.165, 1.54) is 17.3 Å². The number of Topliss-reactive ketones (excluding diaryl/α,β-unsaturated/α-hetero) is 1. The van der Waals surface area contributed by atoms with Gasteiger partial charge in [0, 0.05) is 23.5 Å². The minimum atomic E-state index is -4.30. The molecule has 0 bridgehead atoms. The SMILES string of the molecule is C=C(/C=C(\C)C(F)(F)F)c1cccnc1.C=C/C=C(C)\C=C/C.CC.CC.CC(=O)c1ccc(C)cc1. The molecule has 37 heavy (non-hydrogen) atoms. The average Bonchev–Trinajstić information content (AvgIpc) is 2.88. The molecule has 204 valence electrons. The van der Waals surface area contributed by atoms with Gasteiger partial charge in [-0.25, -0.2) is 0 Å². The third-order valence-electron chi connectivity index (χ3n) is 4.14. The fourth-order valence-electron chi connectivity index (χ4n) is 2.27. The van der Waals surface area contributed by atoms with Crippen LogP contribution in [0.15, 0.2) is 103 Å². The first-order valence-corrected chi connectivity index (χ1v) is 12.3. The monoisotopic (exact) mass is 515 g/mol. The molecule has 2 rings (SSSR count). The molecule has 0 aliphatic heterocycles. The Balaban J connectivity index is -0.000000459. The van der Waals surface area contributed by atoms with Gasteiger partial charge in [0.05, 0.1) is 0 Å². The van der Waals surface area contributed by atoms with Gasteiger partial charge in [-0.15, -0.1) is 0 Å². The van der Waals surface area contributed by atoms with E-state index in [0.717, 1.165) is 18.6 Å². The number of hydrogen-bond donors (Lipinski definition) is 0. The summed E-state index contributed by atoms with van der Waals surface area (Å²) in [5, 5.41) is 0. The average molecular weight is 516 g/mol. The van der Waals surface area contributed by atoms with Gasteiger partial charge in [-0.2, -0.15) is 13.2 Å². The van der Waals surface area contributed by atoms with E-state index in [9.17, 15) is 18.0 Å². The highest BCUT2D eigenvalue weighted by Gasteiger charge is 2.29. The maximum Gasteiger partial charge on any atom is 0.412 e. The summed E-state index contributed by atoms with van der Waals surface area (Å²) in [4.78, 5) is 14.6. The molecule has 1 aromatic carbocycles. The van der Waals surface area contributed by atoms with Gasteiger partial charge in [-0.05, 0) is 57.9 Å². The second-order valence-corrected chi connectivity index (χ2v) is 7.16. The van der Waals surface area contributed by atoms with E-state index < -0.39 is 11.7 Å². The smallest absolute Gasteiger partial charge is 0.295 e. The Bertz CT molecular complexity index is 981. The molecule has 0 fully saturated rings. The Morgan fingerprint density at radius 1 is 0.946 bits per heavy atom. The number of halogens is 3. The minimum Gasteiger partial charge on any atom is -0.295 e. The molecule has 1 aromatic heterocycles. The molecule has 0 saturated heterocycles. The van der Waals surface area contributed by atoms with Crippen LogP contribution in [0.1, 0.15) is 76.9 Å². The van der Waals surface area contributed by atoms with Crippen molar-refractivity contribution in [2.24, 2.45) is 0 Å². The Kier molecular flexibility index (Phi) is 23.6. The zero-order chi connectivity index (χ0) is 29.4. The normalized spacial score (nSPS) is 10.7. The number of carbonyl (C=O) groups is 1. The van der Waals surface area contributed by atoms with Gasteiger partial charge in [-0.3, -0.25) is 9.78 Å². The van der Waals surface area contributed by atoms with Crippen LogP contribution >= 0.6 is 0 Å². The fraction of sp³-hybridized carbons (Fsp3) is 0.312. The molecule has 0 spiro atoms. The summed E-state index contributed by atoms with van der Waals surface area (Å²) in [6.45, 7) is 23.8. The maximum atomic E-state index is 12.2. The van der Waals surface area contributed by atoms with Gasteiger partial charge in [0.2, 0.25) is 0 Å². The lowest BCUT2D eigenvalue weighted by atomic mass is 10.1. The highest BCUT2D eigenvalue weighted by atomic mass is 19.4. The number of aryl methyl sites for hydroxylation is 1. The van der Waals surface area contributed by atoms with Crippen molar-refractivity contribution in [1.29, 1.82) is 0 Å². The number of allylic oxidation sites excluding steroid dienone is 8. The maximum absolute atomic E-state index is 12.2. The van der Waals surface area contributed by atoms with Crippen molar-refractivity contribution < 1.29 is 18.0 Å². The summed E-state index contributed by atoms with van der Waals surface area (Å²) in [5.41, 5.74) is 3.42. The number of rotatable bonds is 5. The summed E-state index contributed by atoms with van der Waals surface area (Å²) in [5.74, 6) is 0.125. The van der Waals surface area contributed by atoms with Crippen LogP contribution < -0.4 is 0 Å². The van der Waals surface area contributed by atoms with Crippen LogP contribution in [0.4, 0.5) is 13.2 Å². The molecule has 2 nitrogen and oxygen atoms in total. The van der Waals surface area contributed by atoms with Gasteiger partial charge in [0.15, 0.2) is 5.78 Å². The Labute approximate surface area is 223 Å². The minimum absolute atomic E-state index is 0.125. The van der Waals surface area contributed by atoms with Crippen LogP contribution in [0.25, 0.3) is 5.57 Å². The summed E-state index contributed by atoms with van der Waals surface area (Å²) < 4.78 is 36.6. The lowest BCUT2D eigenvalue weighted by Gasteiger charge is -2.07. The van der Waals surface area contributed by atoms with Crippen LogP contribution in [0.2, 0.25) is 0 Å². The Morgan fingerprint density at radius 3 is 1.86 bits per heavy atom. The van der Waals surface area contributed by atoms with E-state index >= 15 is 0 Å². The predicted octanol–water partition coefficient (Wildman–Crippen LogP) is 10.5. The van der Waals surface area contributed by atoms with E-state index in [0.29, 0.717) is 11.1 Å². The van der Waals surface area contributed by atoms with Crippen molar-refractivity contribution in [2.45, 2.75) is 68.5 Å². The number of aromatic nitrogens is 1. The summed E-state index contributed by atoms with van der Waals surface area (Å²) in [7, 11) is 0. The first-order valence-electron chi connectivity index (χ1n) is 12.3. The van der Waals surface area contributed by atoms with Crippen LogP contribution in [-0.2, 0) is 0 Å². The number of ketones is 1. The van der Waals surface area contributed by atoms with E-state index in [-0.39, 0.29) is 5.78 Å². The van der Waals surface area contributed by atoms with Crippen molar-refractivity contribution >= 4 is 11.4 Å². The Hall–Kier alpha value is -3.47. The lowest BCUT2D eigenvalue weighted by Crippen LogP contribution is -2.08. The standard InChI is InChI=1S/C11H10F3N.C9H10O.C8H12.2C2H6/c1-8(6-9(2)11(12,13)14)10-4-3-5-15-7-10;1-7-3-5-9(6-4-7)8(2)10;1-4-6-8(3)7-5-2;2*1-2/h3-7H,1H2,2H3;3-6H,1-2H3;4-7H,1H2,2-3H3;2*1-2H3/b9-6+;;7-5-,8-6-;;. The molecule has 0 radical (unpaired) electrons. The van der Waals surface area contributed by atoms with E-state index in [4.69, 9.17) is 0 Å². The largest absolute Gasteiger partial charge is 0.412 e. The van der Waals surface area contributed by atoms with Gasteiger partial charge in [0.25, 0.3) is 0 Å². The summed E-state index contributed by atoms with van der Waals surface area (Å²) >= 11 is 0. The number of hydrogen-bond acceptors (Lipinski definition) is 2. The number of nitrogens with zero attached hydrogens (tertiary/aromatic N) is 1. The van der Waals surface area contributed by atoms with Gasteiger partial charge in [-0.1, -0.05) is 107 Å². The molecule has 0 saturated carbocycles. The number of benzene rings is 1. The van der Waals surface area contributed by atoms with Gasteiger partial charge >= 0.3 is 6.18 Å². The molecular weight excluding hydrogens is 471 g/mol. The van der Waals surface area contributed by atoms with Crippen LogP contribution in [0, 0.1) is 6.92 Å². The zero-order valence-electron chi connectivity index (χ0n) is 23.9. The second kappa shape index (κ2) is 23.0. The molecule has 5 heteroatoms. The van der Waals surface area contributed by atoms with Crippen molar-refractivity contribution in [2.75, 3.05) is 0 Å². The van der Waals surface area contributed by atoms with Crippen LogP contribution in [-0.4, -0.2) is 16.9 Å². The van der Waals surface area contributed by atoms with Gasteiger partial charge < -0.3 is 0 Å². The molecule has 1 heterocycles. The highest BCUT2D eigenvalue weighted by Crippen LogP contribution is 2.27. The first-order chi connectivity index (χ1) is 17.4. The highest BCUT2D eigenvalue weighted by molar-refractivity contribution is 5.93. The third-order valence-corrected chi connectivity index (χ3v) is 4.14. The molecule has 2 aromatic rings. The first kappa shape index (κ1) is 38.1. The lowest BCUT2D eigenvalue weighted by molar-refractivity contribution is -0.0912. The predicted molar refractivity (Wildman–Crippen MR) is 156 cm³/mol. The molecular formula is C32H44F3NO. The second-order valence-electron chi connectivity index (χ2n) is 7.16. The van der Waals surface area contributed by atoms with Gasteiger partial charge in [0.1, 0.15) is 0 Å². The molecule has 0 aliphatic carbocycles. The van der Waals surface area contributed by atoms with E-state index in [1.807, 2.05) is 91.0 Å².